The van der Waals surface area contributed by atoms with Crippen molar-refractivity contribution >= 4 is 29.0 Å². The zero-order valence-corrected chi connectivity index (χ0v) is 13.9. The lowest BCUT2D eigenvalue weighted by Crippen LogP contribution is -2.24. The molecule has 134 valence electrons. The van der Waals surface area contributed by atoms with Gasteiger partial charge in [0.1, 0.15) is 0 Å². The number of thioether (sulfide) groups is 1. The van der Waals surface area contributed by atoms with E-state index in [4.69, 9.17) is 0 Å². The maximum atomic E-state index is 13.1. The monoisotopic (exact) mass is 374 g/mol. The fourth-order valence-corrected chi connectivity index (χ4v) is 2.73. The quantitative estimate of drug-likeness (QED) is 0.492. The van der Waals surface area contributed by atoms with E-state index in [2.05, 4.69) is 10.3 Å². The number of nitrogens with zero attached hydrogens (tertiary/aromatic N) is 3. The Balaban J connectivity index is 2.22. The zero-order chi connectivity index (χ0) is 18.8. The molecule has 1 atom stereocenters. The summed E-state index contributed by atoms with van der Waals surface area (Å²) >= 11 is 1.08. The number of hydrogen-bond donors (Lipinski definition) is 1. The van der Waals surface area contributed by atoms with Crippen molar-refractivity contribution < 1.29 is 22.9 Å². The van der Waals surface area contributed by atoms with Gasteiger partial charge in [0.05, 0.1) is 21.4 Å². The molecule has 2 rings (SSSR count). The zero-order valence-electron chi connectivity index (χ0n) is 13.1. The molecule has 0 aliphatic heterocycles. The molecule has 7 nitrogen and oxygen atoms in total. The molecule has 0 unspecified atom stereocenters. The summed E-state index contributed by atoms with van der Waals surface area (Å²) in [6, 6.07) is 2.17. The summed E-state index contributed by atoms with van der Waals surface area (Å²) in [4.78, 5) is 25.9. The number of aryl methyl sites for hydroxylation is 1. The minimum atomic E-state index is -4.84. The van der Waals surface area contributed by atoms with Gasteiger partial charge in [0.25, 0.3) is 5.69 Å². The van der Waals surface area contributed by atoms with Crippen molar-refractivity contribution in [1.29, 1.82) is 0 Å². The van der Waals surface area contributed by atoms with Gasteiger partial charge in [-0.05, 0) is 13.0 Å². The molecule has 0 aliphatic rings. The summed E-state index contributed by atoms with van der Waals surface area (Å²) in [7, 11) is 1.72. The van der Waals surface area contributed by atoms with E-state index in [9.17, 15) is 28.1 Å². The number of carbonyl (C=O) groups is 1. The second-order valence-corrected chi connectivity index (χ2v) is 6.36. The van der Waals surface area contributed by atoms with Crippen molar-refractivity contribution in [3.8, 4) is 0 Å². The lowest BCUT2D eigenvalue weighted by molar-refractivity contribution is -0.385. The van der Waals surface area contributed by atoms with Gasteiger partial charge in [-0.1, -0.05) is 11.8 Å². The Bertz CT molecular complexity index is 807. The van der Waals surface area contributed by atoms with Crippen molar-refractivity contribution in [2.45, 2.75) is 23.5 Å². The number of aromatic nitrogens is 2. The van der Waals surface area contributed by atoms with Gasteiger partial charge in [0.2, 0.25) is 5.91 Å². The highest BCUT2D eigenvalue weighted by atomic mass is 32.2. The number of benzene rings is 1. The van der Waals surface area contributed by atoms with Crippen molar-refractivity contribution in [2.24, 2.45) is 7.05 Å². The molecule has 1 aromatic carbocycles. The molecular formula is C14H13F3N4O3S. The van der Waals surface area contributed by atoms with E-state index in [0.717, 1.165) is 23.9 Å². The van der Waals surface area contributed by atoms with Gasteiger partial charge >= 0.3 is 6.18 Å². The summed E-state index contributed by atoms with van der Waals surface area (Å²) in [6.07, 6.45) is -1.64. The predicted molar refractivity (Wildman–Crippen MR) is 85.3 cm³/mol. The minimum Gasteiger partial charge on any atom is -0.329 e. The molecule has 11 heteroatoms. The second-order valence-electron chi connectivity index (χ2n) is 5.05. The van der Waals surface area contributed by atoms with Crippen LogP contribution in [0.3, 0.4) is 0 Å². The molecular weight excluding hydrogens is 361 g/mol. The normalized spacial score (nSPS) is 12.7. The van der Waals surface area contributed by atoms with Crippen LogP contribution in [0.25, 0.3) is 0 Å². The maximum absolute atomic E-state index is 13.1. The van der Waals surface area contributed by atoms with E-state index in [1.54, 1.807) is 17.8 Å². The number of nitro groups is 1. The van der Waals surface area contributed by atoms with Gasteiger partial charge < -0.3 is 9.88 Å². The molecule has 25 heavy (non-hydrogen) atoms. The SMILES string of the molecule is C[C@@H](Sc1nccn1C)C(=O)Nc1ccc([N+](=O)[O-])cc1C(F)(F)F. The van der Waals surface area contributed by atoms with E-state index >= 15 is 0 Å². The van der Waals surface area contributed by atoms with E-state index in [0.29, 0.717) is 11.2 Å². The number of nitrogens with one attached hydrogen (secondary N) is 1. The van der Waals surface area contributed by atoms with Gasteiger partial charge in [-0.3, -0.25) is 14.9 Å². The van der Waals surface area contributed by atoms with E-state index in [-0.39, 0.29) is 0 Å². The van der Waals surface area contributed by atoms with Gasteiger partial charge in [0, 0.05) is 31.6 Å². The van der Waals surface area contributed by atoms with Crippen LogP contribution in [0.15, 0.2) is 35.7 Å². The maximum Gasteiger partial charge on any atom is 0.418 e. The highest BCUT2D eigenvalue weighted by Crippen LogP contribution is 2.37. The highest BCUT2D eigenvalue weighted by molar-refractivity contribution is 8.00. The van der Waals surface area contributed by atoms with Gasteiger partial charge in [-0.2, -0.15) is 13.2 Å². The number of amides is 1. The first kappa shape index (κ1) is 18.8. The Labute approximate surface area is 144 Å². The average Bonchev–Trinajstić information content (AvgIpc) is 2.91. The highest BCUT2D eigenvalue weighted by Gasteiger charge is 2.36. The third-order valence-electron chi connectivity index (χ3n) is 3.21. The van der Waals surface area contributed by atoms with Crippen LogP contribution in [0.5, 0.6) is 0 Å². The summed E-state index contributed by atoms with van der Waals surface area (Å²) in [5, 5.41) is 12.7. The van der Waals surface area contributed by atoms with Crippen LogP contribution in [0.2, 0.25) is 0 Å². The number of rotatable bonds is 5. The van der Waals surface area contributed by atoms with E-state index in [1.807, 2.05) is 0 Å². The van der Waals surface area contributed by atoms with E-state index in [1.165, 1.54) is 13.1 Å². The fraction of sp³-hybridized carbons (Fsp3) is 0.286. The lowest BCUT2D eigenvalue weighted by Gasteiger charge is -2.16. The third kappa shape index (κ3) is 4.50. The Morgan fingerprint density at radius 2 is 2.12 bits per heavy atom. The summed E-state index contributed by atoms with van der Waals surface area (Å²) in [5.41, 5.74) is -2.51. The second kappa shape index (κ2) is 7.13. The Morgan fingerprint density at radius 3 is 2.64 bits per heavy atom. The average molecular weight is 374 g/mol. The number of anilines is 1. The van der Waals surface area contributed by atoms with Crippen LogP contribution in [0.1, 0.15) is 12.5 Å². The molecule has 1 aromatic heterocycles. The molecule has 0 fully saturated rings. The minimum absolute atomic E-state index is 0.395. The third-order valence-corrected chi connectivity index (χ3v) is 4.38. The molecule has 0 bridgehead atoms. The molecule has 0 radical (unpaired) electrons. The number of non-ortho nitro benzene ring substituents is 1. The van der Waals surface area contributed by atoms with Gasteiger partial charge in [-0.25, -0.2) is 4.98 Å². The molecule has 1 heterocycles. The summed E-state index contributed by atoms with van der Waals surface area (Å²) in [5.74, 6) is -0.674. The number of hydrogen-bond acceptors (Lipinski definition) is 5. The van der Waals surface area contributed by atoms with Crippen LogP contribution in [-0.2, 0) is 18.0 Å². The smallest absolute Gasteiger partial charge is 0.329 e. The topological polar surface area (TPSA) is 90.1 Å². The van der Waals surface area contributed by atoms with Gasteiger partial charge in [0.15, 0.2) is 5.16 Å². The van der Waals surface area contributed by atoms with Crippen LogP contribution in [0.4, 0.5) is 24.5 Å². The van der Waals surface area contributed by atoms with Crippen LogP contribution < -0.4 is 5.32 Å². The number of halogens is 3. The first-order chi connectivity index (χ1) is 11.6. The molecule has 0 aliphatic carbocycles. The first-order valence-corrected chi connectivity index (χ1v) is 7.78. The fourth-order valence-electron chi connectivity index (χ4n) is 1.90. The number of carbonyl (C=O) groups excluding carboxylic acids is 1. The Hall–Kier alpha value is -2.56. The molecule has 0 saturated heterocycles. The van der Waals surface area contributed by atoms with Crippen molar-refractivity contribution in [1.82, 2.24) is 9.55 Å². The Kier molecular flexibility index (Phi) is 5.36. The predicted octanol–water partition coefficient (Wildman–Crippen LogP) is 3.47. The van der Waals surface area contributed by atoms with E-state index < -0.39 is 39.2 Å². The summed E-state index contributed by atoms with van der Waals surface area (Å²) in [6.45, 7) is 1.52. The molecule has 0 saturated carbocycles. The molecule has 2 aromatic rings. The number of nitro benzene ring substituents is 1. The van der Waals surface area contributed by atoms with Crippen LogP contribution in [0, 0.1) is 10.1 Å². The van der Waals surface area contributed by atoms with Gasteiger partial charge in [-0.15, -0.1) is 0 Å². The largest absolute Gasteiger partial charge is 0.418 e. The van der Waals surface area contributed by atoms with Crippen molar-refractivity contribution in [3.63, 3.8) is 0 Å². The van der Waals surface area contributed by atoms with Crippen molar-refractivity contribution in [2.75, 3.05) is 5.32 Å². The Morgan fingerprint density at radius 1 is 1.44 bits per heavy atom. The van der Waals surface area contributed by atoms with Crippen LogP contribution >= 0.6 is 11.8 Å². The molecule has 1 N–H and O–H groups in total. The number of imidazole rings is 1. The lowest BCUT2D eigenvalue weighted by atomic mass is 10.1. The first-order valence-electron chi connectivity index (χ1n) is 6.90. The van der Waals surface area contributed by atoms with Crippen molar-refractivity contribution in [3.05, 3.63) is 46.3 Å². The molecule has 0 spiro atoms. The standard InChI is InChI=1S/C14H13F3N4O3S/c1-8(25-13-18-5-6-20(13)2)12(22)19-11-4-3-9(21(23)24)7-10(11)14(15,16)17/h3-8H,1-2H3,(H,19,22)/t8-/m1/s1. The van der Waals surface area contributed by atoms with Crippen LogP contribution in [-0.4, -0.2) is 25.6 Å². The number of alkyl halides is 3. The summed E-state index contributed by atoms with van der Waals surface area (Å²) < 4.78 is 41.0. The molecule has 1 amide bonds.